The minimum absolute atomic E-state index is 0.0395. The molecule has 0 aromatic carbocycles. The molecule has 3 rings (SSSR count). The van der Waals surface area contributed by atoms with E-state index < -0.39 is 5.54 Å². The zero-order valence-electron chi connectivity index (χ0n) is 13.3. The zero-order chi connectivity index (χ0) is 15.2. The Balaban J connectivity index is 1.94. The fraction of sp³-hybridized carbons (Fsp3) is 0.688. The highest BCUT2D eigenvalue weighted by Crippen LogP contribution is 2.38. The van der Waals surface area contributed by atoms with Crippen molar-refractivity contribution in [1.29, 1.82) is 0 Å². The Morgan fingerprint density at radius 1 is 1.48 bits per heavy atom. The summed E-state index contributed by atoms with van der Waals surface area (Å²) in [5.41, 5.74) is -0.427. The van der Waals surface area contributed by atoms with Gasteiger partial charge in [0, 0.05) is 22.3 Å². The molecule has 1 N–H and O–H groups in total. The number of nitrogens with one attached hydrogen (secondary N) is 1. The Hall–Kier alpha value is -0.910. The summed E-state index contributed by atoms with van der Waals surface area (Å²) < 4.78 is 0. The van der Waals surface area contributed by atoms with E-state index in [1.54, 1.807) is 11.3 Å². The smallest absolute Gasteiger partial charge is 0.244 e. The number of likely N-dealkylation sites (tertiary alicyclic amines) is 1. The van der Waals surface area contributed by atoms with Gasteiger partial charge < -0.3 is 9.80 Å². The Bertz CT molecular complexity index is 543. The largest absolute Gasteiger partial charge is 0.316 e. The zero-order valence-corrected chi connectivity index (χ0v) is 14.2. The maximum atomic E-state index is 13.0. The number of hydrogen-bond acceptors (Lipinski definition) is 4. The van der Waals surface area contributed by atoms with Crippen molar-refractivity contribution in [1.82, 2.24) is 15.1 Å². The summed E-state index contributed by atoms with van der Waals surface area (Å²) in [4.78, 5) is 20.0. The van der Waals surface area contributed by atoms with Crippen LogP contribution in [0.4, 0.5) is 0 Å². The van der Waals surface area contributed by atoms with Gasteiger partial charge in [-0.25, -0.2) is 0 Å². The molecule has 2 aliphatic rings. The summed E-state index contributed by atoms with van der Waals surface area (Å²) in [6.45, 7) is 8.31. The minimum Gasteiger partial charge on any atom is -0.316 e. The molecule has 2 saturated heterocycles. The Kier molecular flexibility index (Phi) is 3.84. The van der Waals surface area contributed by atoms with Gasteiger partial charge in [-0.2, -0.15) is 0 Å². The molecule has 1 aromatic heterocycles. The van der Waals surface area contributed by atoms with Crippen LogP contribution in [0, 0.1) is 6.92 Å². The van der Waals surface area contributed by atoms with Gasteiger partial charge in [0.1, 0.15) is 6.17 Å². The van der Waals surface area contributed by atoms with Crippen molar-refractivity contribution in [2.75, 3.05) is 20.1 Å². The number of rotatable bonds is 3. The lowest BCUT2D eigenvalue weighted by atomic mass is 9.99. The van der Waals surface area contributed by atoms with Crippen LogP contribution in [0.25, 0.3) is 0 Å². The van der Waals surface area contributed by atoms with Gasteiger partial charge in [-0.1, -0.05) is 6.92 Å². The van der Waals surface area contributed by atoms with Crippen LogP contribution in [-0.4, -0.2) is 47.4 Å². The third kappa shape index (κ3) is 2.51. The number of carbonyl (C=O) groups is 1. The molecule has 1 aromatic rings. The lowest BCUT2D eigenvalue weighted by Gasteiger charge is -2.29. The highest BCUT2D eigenvalue weighted by atomic mass is 32.1. The second kappa shape index (κ2) is 5.38. The van der Waals surface area contributed by atoms with E-state index in [0.717, 1.165) is 25.9 Å². The van der Waals surface area contributed by atoms with Gasteiger partial charge in [0.15, 0.2) is 0 Å². The number of aryl methyl sites for hydroxylation is 1. The summed E-state index contributed by atoms with van der Waals surface area (Å²) in [6, 6.07) is 4.64. The highest BCUT2D eigenvalue weighted by molar-refractivity contribution is 7.12. The fourth-order valence-corrected chi connectivity index (χ4v) is 4.34. The van der Waals surface area contributed by atoms with E-state index in [4.69, 9.17) is 0 Å². The number of carbonyl (C=O) groups excluding carboxylic acids is 1. The topological polar surface area (TPSA) is 35.6 Å². The summed E-state index contributed by atoms with van der Waals surface area (Å²) in [5.74, 6) is 0.265. The van der Waals surface area contributed by atoms with E-state index in [2.05, 4.69) is 48.1 Å². The van der Waals surface area contributed by atoms with Crippen LogP contribution in [0.2, 0.25) is 0 Å². The molecule has 3 unspecified atom stereocenters. The summed E-state index contributed by atoms with van der Waals surface area (Å²) in [6.07, 6.45) is 1.94. The fourth-order valence-electron chi connectivity index (χ4n) is 3.41. The third-order valence-electron chi connectivity index (χ3n) is 4.94. The van der Waals surface area contributed by atoms with E-state index in [1.807, 2.05) is 6.92 Å². The number of nitrogens with zero attached hydrogens (tertiary/aromatic N) is 2. The molecular formula is C16H25N3OS. The van der Waals surface area contributed by atoms with Crippen molar-refractivity contribution >= 4 is 17.2 Å². The second-order valence-corrected chi connectivity index (χ2v) is 7.92. The van der Waals surface area contributed by atoms with Gasteiger partial charge in [-0.15, -0.1) is 11.3 Å². The summed E-state index contributed by atoms with van der Waals surface area (Å²) in [7, 11) is 2.14. The van der Waals surface area contributed by atoms with Crippen LogP contribution >= 0.6 is 11.3 Å². The maximum absolute atomic E-state index is 13.0. The highest BCUT2D eigenvalue weighted by Gasteiger charge is 2.50. The van der Waals surface area contributed by atoms with Crippen LogP contribution in [0.1, 0.15) is 42.6 Å². The molecule has 2 fully saturated rings. The average molecular weight is 307 g/mol. The second-order valence-electron chi connectivity index (χ2n) is 6.60. The van der Waals surface area contributed by atoms with E-state index in [0.29, 0.717) is 6.04 Å². The first-order valence-corrected chi connectivity index (χ1v) is 8.61. The Morgan fingerprint density at radius 2 is 2.24 bits per heavy atom. The van der Waals surface area contributed by atoms with Crippen molar-refractivity contribution < 1.29 is 4.79 Å². The van der Waals surface area contributed by atoms with Crippen LogP contribution in [0.5, 0.6) is 0 Å². The molecule has 1 amide bonds. The lowest BCUT2D eigenvalue weighted by molar-refractivity contribution is -0.135. The molecule has 2 aliphatic heterocycles. The molecule has 3 heterocycles. The molecule has 21 heavy (non-hydrogen) atoms. The molecule has 0 spiro atoms. The van der Waals surface area contributed by atoms with E-state index in [9.17, 15) is 4.79 Å². The molecule has 4 nitrogen and oxygen atoms in total. The van der Waals surface area contributed by atoms with Crippen LogP contribution in [0.3, 0.4) is 0 Å². The number of hydrogen-bond donors (Lipinski definition) is 1. The average Bonchev–Trinajstić information content (AvgIpc) is 3.11. The van der Waals surface area contributed by atoms with Gasteiger partial charge in [0.25, 0.3) is 0 Å². The molecule has 0 radical (unpaired) electrons. The van der Waals surface area contributed by atoms with Crippen LogP contribution in [-0.2, 0) is 4.79 Å². The van der Waals surface area contributed by atoms with Gasteiger partial charge in [0.05, 0.1) is 5.54 Å². The van der Waals surface area contributed by atoms with Crippen molar-refractivity contribution in [2.24, 2.45) is 0 Å². The predicted octanol–water partition coefficient (Wildman–Crippen LogP) is 2.36. The minimum atomic E-state index is -0.427. The number of likely N-dealkylation sites (N-methyl/N-ethyl adjacent to an activating group) is 1. The van der Waals surface area contributed by atoms with E-state index in [1.165, 1.54) is 9.75 Å². The maximum Gasteiger partial charge on any atom is 0.244 e. The summed E-state index contributed by atoms with van der Waals surface area (Å²) in [5, 5.41) is 3.61. The normalized spacial score (nSPS) is 34.1. The van der Waals surface area contributed by atoms with Gasteiger partial charge in [0.2, 0.25) is 5.91 Å². The number of amides is 1. The van der Waals surface area contributed by atoms with Crippen LogP contribution < -0.4 is 5.32 Å². The van der Waals surface area contributed by atoms with E-state index in [-0.39, 0.29) is 12.1 Å². The van der Waals surface area contributed by atoms with Gasteiger partial charge in [-0.05, 0) is 52.4 Å². The molecule has 3 atom stereocenters. The quantitative estimate of drug-likeness (QED) is 0.931. The first-order valence-electron chi connectivity index (χ1n) is 7.80. The molecule has 0 saturated carbocycles. The molecular weight excluding hydrogens is 282 g/mol. The predicted molar refractivity (Wildman–Crippen MR) is 86.4 cm³/mol. The first kappa shape index (κ1) is 15.0. The first-order chi connectivity index (χ1) is 9.94. The molecule has 0 bridgehead atoms. The van der Waals surface area contributed by atoms with Gasteiger partial charge in [-0.3, -0.25) is 10.1 Å². The van der Waals surface area contributed by atoms with E-state index >= 15 is 0 Å². The van der Waals surface area contributed by atoms with Crippen molar-refractivity contribution in [3.8, 4) is 0 Å². The SMILES string of the molecule is CCC1(C)NC(c2ccc(C)s2)N(C2CCN(C)C2)C1=O. The summed E-state index contributed by atoms with van der Waals surface area (Å²) >= 11 is 1.79. The number of thiophene rings is 1. The van der Waals surface area contributed by atoms with Crippen molar-refractivity contribution in [2.45, 2.75) is 51.4 Å². The molecule has 116 valence electrons. The standard InChI is InChI=1S/C16H25N3OS/c1-5-16(3)15(20)19(12-8-9-18(4)10-12)14(17-16)13-7-6-11(2)21-13/h6-7,12,14,17H,5,8-10H2,1-4H3. The third-order valence-corrected chi connectivity index (χ3v) is 5.99. The van der Waals surface area contributed by atoms with Crippen molar-refractivity contribution in [3.63, 3.8) is 0 Å². The van der Waals surface area contributed by atoms with Crippen LogP contribution in [0.15, 0.2) is 12.1 Å². The lowest BCUT2D eigenvalue weighted by Crippen LogP contribution is -2.45. The Morgan fingerprint density at radius 3 is 2.76 bits per heavy atom. The van der Waals surface area contributed by atoms with Crippen molar-refractivity contribution in [3.05, 3.63) is 21.9 Å². The van der Waals surface area contributed by atoms with Gasteiger partial charge >= 0.3 is 0 Å². The molecule has 0 aliphatic carbocycles. The Labute approximate surface area is 131 Å². The molecule has 5 heteroatoms. The monoisotopic (exact) mass is 307 g/mol.